The van der Waals surface area contributed by atoms with Gasteiger partial charge in [0.2, 0.25) is 0 Å². The van der Waals surface area contributed by atoms with E-state index in [2.05, 4.69) is 20.4 Å². The van der Waals surface area contributed by atoms with Crippen LogP contribution in [0.2, 0.25) is 0 Å². The van der Waals surface area contributed by atoms with Crippen molar-refractivity contribution in [2.45, 2.75) is 6.42 Å². The molecule has 0 bridgehead atoms. The molecule has 2 heterocycles. The summed E-state index contributed by atoms with van der Waals surface area (Å²) in [5, 5.41) is 11.2. The third-order valence-corrected chi connectivity index (χ3v) is 3.35. The molecule has 21 heavy (non-hydrogen) atoms. The van der Waals surface area contributed by atoms with Crippen LogP contribution < -0.4 is 5.32 Å². The molecule has 0 saturated carbocycles. The fourth-order valence-electron chi connectivity index (χ4n) is 2.11. The van der Waals surface area contributed by atoms with E-state index in [1.807, 2.05) is 0 Å². The van der Waals surface area contributed by atoms with Gasteiger partial charge in [-0.2, -0.15) is 0 Å². The van der Waals surface area contributed by atoms with Crippen LogP contribution >= 0.6 is 0 Å². The minimum Gasteiger partial charge on any atom is -0.379 e. The van der Waals surface area contributed by atoms with E-state index in [-0.39, 0.29) is 5.91 Å². The van der Waals surface area contributed by atoms with Crippen LogP contribution in [-0.4, -0.2) is 79.4 Å². The van der Waals surface area contributed by atoms with Gasteiger partial charge in [-0.3, -0.25) is 9.69 Å². The van der Waals surface area contributed by atoms with Gasteiger partial charge in [0.25, 0.3) is 5.91 Å². The predicted octanol–water partition coefficient (Wildman–Crippen LogP) is 0.313. The number of nitrogens with one attached hydrogen (secondary N) is 1. The Morgan fingerprint density at radius 3 is 2.71 bits per heavy atom. The van der Waals surface area contributed by atoms with Gasteiger partial charge in [-0.15, -0.1) is 10.2 Å². The monoisotopic (exact) mass is 293 g/mol. The third-order valence-electron chi connectivity index (χ3n) is 3.35. The van der Waals surface area contributed by atoms with Gasteiger partial charge in [0, 0.05) is 33.7 Å². The zero-order valence-corrected chi connectivity index (χ0v) is 12.7. The number of aromatic nitrogens is 2. The average molecular weight is 293 g/mol. The van der Waals surface area contributed by atoms with Crippen LogP contribution in [0.25, 0.3) is 0 Å². The highest BCUT2D eigenvalue weighted by molar-refractivity contribution is 5.91. The lowest BCUT2D eigenvalue weighted by atomic mass is 10.3. The number of amides is 1. The van der Waals surface area contributed by atoms with Crippen molar-refractivity contribution >= 4 is 11.7 Å². The molecule has 7 nitrogen and oxygen atoms in total. The highest BCUT2D eigenvalue weighted by atomic mass is 16.5. The molecule has 0 aliphatic carbocycles. The lowest BCUT2D eigenvalue weighted by Gasteiger charge is -2.26. The molecular weight excluding hydrogens is 270 g/mol. The standard InChI is InChI=1S/C14H23N5O2/c1-18(2)14(20)12-4-5-13(17-16-12)15-6-3-7-19-8-10-21-11-9-19/h4-5H,3,6-11H2,1-2H3,(H,15,17). The van der Waals surface area contributed by atoms with Crippen molar-refractivity contribution in [2.24, 2.45) is 0 Å². The van der Waals surface area contributed by atoms with Crippen LogP contribution in [0.1, 0.15) is 16.9 Å². The summed E-state index contributed by atoms with van der Waals surface area (Å²) in [4.78, 5) is 15.6. The molecule has 1 aliphatic heterocycles. The summed E-state index contributed by atoms with van der Waals surface area (Å²) in [6.07, 6.45) is 1.04. The van der Waals surface area contributed by atoms with Gasteiger partial charge >= 0.3 is 0 Å². The first-order valence-corrected chi connectivity index (χ1v) is 7.26. The van der Waals surface area contributed by atoms with E-state index in [9.17, 15) is 4.79 Å². The Balaban J connectivity index is 1.69. The van der Waals surface area contributed by atoms with E-state index in [1.54, 1.807) is 26.2 Å². The number of hydrogen-bond acceptors (Lipinski definition) is 6. The van der Waals surface area contributed by atoms with Gasteiger partial charge in [0.05, 0.1) is 13.2 Å². The molecule has 0 spiro atoms. The summed E-state index contributed by atoms with van der Waals surface area (Å²) in [5.74, 6) is 0.564. The van der Waals surface area contributed by atoms with Crippen molar-refractivity contribution in [1.82, 2.24) is 20.0 Å². The molecule has 1 fully saturated rings. The van der Waals surface area contributed by atoms with Crippen LogP contribution in [0.5, 0.6) is 0 Å². The number of carbonyl (C=O) groups excluding carboxylic acids is 1. The van der Waals surface area contributed by atoms with E-state index >= 15 is 0 Å². The molecule has 2 rings (SSSR count). The first-order chi connectivity index (χ1) is 10.2. The van der Waals surface area contributed by atoms with Crippen molar-refractivity contribution in [3.8, 4) is 0 Å². The molecule has 7 heteroatoms. The van der Waals surface area contributed by atoms with E-state index < -0.39 is 0 Å². The SMILES string of the molecule is CN(C)C(=O)c1ccc(NCCCN2CCOCC2)nn1. The smallest absolute Gasteiger partial charge is 0.273 e. The van der Waals surface area contributed by atoms with Crippen molar-refractivity contribution in [2.75, 3.05) is 58.8 Å². The molecule has 1 saturated heterocycles. The van der Waals surface area contributed by atoms with E-state index in [0.717, 1.165) is 45.8 Å². The normalized spacial score (nSPS) is 15.7. The molecule has 1 N–H and O–H groups in total. The highest BCUT2D eigenvalue weighted by Gasteiger charge is 2.11. The summed E-state index contributed by atoms with van der Waals surface area (Å²) >= 11 is 0. The van der Waals surface area contributed by atoms with Crippen molar-refractivity contribution in [1.29, 1.82) is 0 Å². The van der Waals surface area contributed by atoms with Crippen LogP contribution in [0.15, 0.2) is 12.1 Å². The van der Waals surface area contributed by atoms with Crippen LogP contribution in [0, 0.1) is 0 Å². The third kappa shape index (κ3) is 4.95. The first kappa shape index (κ1) is 15.7. The zero-order chi connectivity index (χ0) is 15.1. The molecule has 0 radical (unpaired) electrons. The van der Waals surface area contributed by atoms with Gasteiger partial charge < -0.3 is 15.0 Å². The highest BCUT2D eigenvalue weighted by Crippen LogP contribution is 2.04. The maximum Gasteiger partial charge on any atom is 0.273 e. The summed E-state index contributed by atoms with van der Waals surface area (Å²) in [7, 11) is 3.39. The minimum absolute atomic E-state index is 0.138. The van der Waals surface area contributed by atoms with Gasteiger partial charge in [0.15, 0.2) is 5.69 Å². The number of rotatable bonds is 6. The largest absolute Gasteiger partial charge is 0.379 e. The van der Waals surface area contributed by atoms with Crippen LogP contribution in [0.4, 0.5) is 5.82 Å². The van der Waals surface area contributed by atoms with Gasteiger partial charge in [-0.25, -0.2) is 0 Å². The maximum atomic E-state index is 11.7. The number of anilines is 1. The molecule has 1 aromatic rings. The van der Waals surface area contributed by atoms with Crippen molar-refractivity contribution < 1.29 is 9.53 Å². The molecule has 0 atom stereocenters. The Morgan fingerprint density at radius 2 is 2.10 bits per heavy atom. The second kappa shape index (κ2) is 7.90. The second-order valence-corrected chi connectivity index (χ2v) is 5.24. The van der Waals surface area contributed by atoms with Crippen molar-refractivity contribution in [3.05, 3.63) is 17.8 Å². The maximum absolute atomic E-state index is 11.7. The molecule has 0 unspecified atom stereocenters. The molecule has 1 aliphatic rings. The van der Waals surface area contributed by atoms with E-state index in [4.69, 9.17) is 4.74 Å². The number of carbonyl (C=O) groups is 1. The fraction of sp³-hybridized carbons (Fsp3) is 0.643. The van der Waals surface area contributed by atoms with Gasteiger partial charge in [-0.05, 0) is 25.1 Å². The Hall–Kier alpha value is -1.73. The Labute approximate surface area is 125 Å². The van der Waals surface area contributed by atoms with E-state index in [1.165, 1.54) is 4.90 Å². The summed E-state index contributed by atoms with van der Waals surface area (Å²) in [6, 6.07) is 3.48. The minimum atomic E-state index is -0.138. The number of ether oxygens (including phenoxy) is 1. The molecule has 1 amide bonds. The lowest BCUT2D eigenvalue weighted by Crippen LogP contribution is -2.37. The zero-order valence-electron chi connectivity index (χ0n) is 12.7. The summed E-state index contributed by atoms with van der Waals surface area (Å²) in [6.45, 7) is 5.59. The number of morpholine rings is 1. The summed E-state index contributed by atoms with van der Waals surface area (Å²) < 4.78 is 5.32. The predicted molar refractivity (Wildman–Crippen MR) is 80.4 cm³/mol. The van der Waals surface area contributed by atoms with E-state index in [0.29, 0.717) is 11.5 Å². The van der Waals surface area contributed by atoms with Crippen LogP contribution in [-0.2, 0) is 4.74 Å². The lowest BCUT2D eigenvalue weighted by molar-refractivity contribution is 0.0378. The average Bonchev–Trinajstić information content (AvgIpc) is 2.52. The molecule has 116 valence electrons. The summed E-state index contributed by atoms with van der Waals surface area (Å²) in [5.41, 5.74) is 0.360. The van der Waals surface area contributed by atoms with Gasteiger partial charge in [-0.1, -0.05) is 0 Å². The molecule has 0 aromatic carbocycles. The Bertz CT molecular complexity index is 443. The molecule has 1 aromatic heterocycles. The quantitative estimate of drug-likeness (QED) is 0.761. The topological polar surface area (TPSA) is 70.6 Å². The second-order valence-electron chi connectivity index (χ2n) is 5.24. The first-order valence-electron chi connectivity index (χ1n) is 7.26. The van der Waals surface area contributed by atoms with Crippen LogP contribution in [0.3, 0.4) is 0 Å². The van der Waals surface area contributed by atoms with Gasteiger partial charge in [0.1, 0.15) is 5.82 Å². The molecular formula is C14H23N5O2. The Morgan fingerprint density at radius 1 is 1.33 bits per heavy atom. The number of hydrogen-bond donors (Lipinski definition) is 1. The Kier molecular flexibility index (Phi) is 5.89. The van der Waals surface area contributed by atoms with Crippen molar-refractivity contribution in [3.63, 3.8) is 0 Å². The number of nitrogens with zero attached hydrogens (tertiary/aromatic N) is 4. The fourth-order valence-corrected chi connectivity index (χ4v) is 2.11.